The van der Waals surface area contributed by atoms with Crippen LogP contribution in [-0.2, 0) is 0 Å². The van der Waals surface area contributed by atoms with Crippen molar-refractivity contribution >= 4 is 11.7 Å². The van der Waals surface area contributed by atoms with Crippen molar-refractivity contribution in [2.45, 2.75) is 44.2 Å². The fourth-order valence-corrected chi connectivity index (χ4v) is 2.42. The summed E-state index contributed by atoms with van der Waals surface area (Å²) in [6.07, 6.45) is 4.22. The number of amides is 2. The number of nitrogens with one attached hydrogen (secondary N) is 2. The smallest absolute Gasteiger partial charge is 0.319 e. The number of anilines is 1. The van der Waals surface area contributed by atoms with Gasteiger partial charge in [0, 0.05) is 5.69 Å². The minimum atomic E-state index is -0.468. The molecular weight excluding hydrogens is 254 g/mol. The molecule has 0 aromatic heterocycles. The molecule has 1 aliphatic carbocycles. The van der Waals surface area contributed by atoms with Crippen LogP contribution in [0, 0.1) is 11.3 Å². The number of aliphatic hydroxyl groups is 1. The SMILES string of the molecule is N#Cc1ccc(NC(=O)NC2CCCCCC2O)cc1. The molecule has 0 aliphatic heterocycles. The third kappa shape index (κ3) is 3.97. The van der Waals surface area contributed by atoms with Crippen molar-refractivity contribution in [2.24, 2.45) is 0 Å². The quantitative estimate of drug-likeness (QED) is 0.723. The molecule has 1 saturated carbocycles. The lowest BCUT2D eigenvalue weighted by Crippen LogP contribution is -2.44. The van der Waals surface area contributed by atoms with Gasteiger partial charge in [0.25, 0.3) is 0 Å². The summed E-state index contributed by atoms with van der Waals surface area (Å²) >= 11 is 0. The zero-order valence-electron chi connectivity index (χ0n) is 11.3. The monoisotopic (exact) mass is 273 g/mol. The minimum Gasteiger partial charge on any atom is -0.391 e. The molecule has 1 aromatic rings. The Morgan fingerprint density at radius 2 is 1.90 bits per heavy atom. The van der Waals surface area contributed by atoms with E-state index in [0.717, 1.165) is 32.1 Å². The number of hydrogen-bond donors (Lipinski definition) is 3. The second-order valence-corrected chi connectivity index (χ2v) is 5.10. The number of nitriles is 1. The van der Waals surface area contributed by atoms with Crippen molar-refractivity contribution in [3.05, 3.63) is 29.8 Å². The zero-order chi connectivity index (χ0) is 14.4. The van der Waals surface area contributed by atoms with Crippen molar-refractivity contribution in [1.29, 1.82) is 5.26 Å². The number of rotatable bonds is 2. The summed E-state index contributed by atoms with van der Waals surface area (Å²) in [5.74, 6) is 0. The average molecular weight is 273 g/mol. The number of urea groups is 1. The van der Waals surface area contributed by atoms with E-state index in [-0.39, 0.29) is 12.1 Å². The van der Waals surface area contributed by atoms with Gasteiger partial charge in [0.15, 0.2) is 0 Å². The Kier molecular flexibility index (Phi) is 4.97. The topological polar surface area (TPSA) is 85.2 Å². The predicted molar refractivity (Wildman–Crippen MR) is 76.2 cm³/mol. The molecule has 1 aromatic carbocycles. The molecule has 0 heterocycles. The van der Waals surface area contributed by atoms with Crippen molar-refractivity contribution < 1.29 is 9.90 Å². The third-order valence-electron chi connectivity index (χ3n) is 3.57. The summed E-state index contributed by atoms with van der Waals surface area (Å²) in [5.41, 5.74) is 1.18. The molecule has 1 aliphatic rings. The van der Waals surface area contributed by atoms with E-state index in [1.807, 2.05) is 6.07 Å². The highest BCUT2D eigenvalue weighted by Gasteiger charge is 2.23. The lowest BCUT2D eigenvalue weighted by atomic mass is 10.1. The predicted octanol–water partition coefficient (Wildman–Crippen LogP) is 2.37. The minimum absolute atomic E-state index is 0.184. The summed E-state index contributed by atoms with van der Waals surface area (Å²) in [7, 11) is 0. The van der Waals surface area contributed by atoms with E-state index >= 15 is 0 Å². The Labute approximate surface area is 118 Å². The number of carbonyl (C=O) groups excluding carboxylic acids is 1. The van der Waals surface area contributed by atoms with Crippen LogP contribution in [-0.4, -0.2) is 23.3 Å². The maximum Gasteiger partial charge on any atom is 0.319 e. The second kappa shape index (κ2) is 6.92. The van der Waals surface area contributed by atoms with Gasteiger partial charge in [0.2, 0.25) is 0 Å². The Hall–Kier alpha value is -2.06. The van der Waals surface area contributed by atoms with Gasteiger partial charge in [-0.05, 0) is 37.1 Å². The molecule has 20 heavy (non-hydrogen) atoms. The molecule has 2 rings (SSSR count). The van der Waals surface area contributed by atoms with Crippen molar-refractivity contribution in [1.82, 2.24) is 5.32 Å². The van der Waals surface area contributed by atoms with Crippen molar-refractivity contribution in [3.8, 4) is 6.07 Å². The molecule has 2 amide bonds. The first-order chi connectivity index (χ1) is 9.69. The van der Waals surface area contributed by atoms with Crippen LogP contribution in [0.3, 0.4) is 0 Å². The summed E-state index contributed by atoms with van der Waals surface area (Å²) in [6.45, 7) is 0. The number of benzene rings is 1. The van der Waals surface area contributed by atoms with Crippen molar-refractivity contribution in [3.63, 3.8) is 0 Å². The molecule has 5 nitrogen and oxygen atoms in total. The van der Waals surface area contributed by atoms with E-state index in [2.05, 4.69) is 10.6 Å². The van der Waals surface area contributed by atoms with Gasteiger partial charge >= 0.3 is 6.03 Å². The second-order valence-electron chi connectivity index (χ2n) is 5.10. The van der Waals surface area contributed by atoms with E-state index in [9.17, 15) is 9.90 Å². The van der Waals surface area contributed by atoms with E-state index in [0.29, 0.717) is 11.3 Å². The summed E-state index contributed by atoms with van der Waals surface area (Å²) < 4.78 is 0. The van der Waals surface area contributed by atoms with Gasteiger partial charge in [-0.25, -0.2) is 4.79 Å². The zero-order valence-corrected chi connectivity index (χ0v) is 11.3. The van der Waals surface area contributed by atoms with E-state index in [4.69, 9.17) is 5.26 Å². The van der Waals surface area contributed by atoms with Gasteiger partial charge in [-0.15, -0.1) is 0 Å². The Morgan fingerprint density at radius 1 is 1.20 bits per heavy atom. The first-order valence-electron chi connectivity index (χ1n) is 6.95. The Morgan fingerprint density at radius 3 is 2.60 bits per heavy atom. The summed E-state index contributed by atoms with van der Waals surface area (Å²) in [5, 5.41) is 24.2. The Balaban J connectivity index is 1.89. The molecule has 2 atom stereocenters. The van der Waals surface area contributed by atoms with Gasteiger partial charge in [0.05, 0.1) is 23.8 Å². The molecule has 106 valence electrons. The highest BCUT2D eigenvalue weighted by molar-refractivity contribution is 5.89. The van der Waals surface area contributed by atoms with Gasteiger partial charge in [-0.2, -0.15) is 5.26 Å². The highest BCUT2D eigenvalue weighted by Crippen LogP contribution is 2.18. The van der Waals surface area contributed by atoms with Crippen molar-refractivity contribution in [2.75, 3.05) is 5.32 Å². The lowest BCUT2D eigenvalue weighted by Gasteiger charge is -2.21. The summed E-state index contributed by atoms with van der Waals surface area (Å²) in [4.78, 5) is 11.9. The molecule has 3 N–H and O–H groups in total. The van der Waals surface area contributed by atoms with Crippen LogP contribution < -0.4 is 10.6 Å². The highest BCUT2D eigenvalue weighted by atomic mass is 16.3. The molecule has 0 bridgehead atoms. The van der Waals surface area contributed by atoms with Crippen LogP contribution in [0.15, 0.2) is 24.3 Å². The number of aliphatic hydroxyl groups excluding tert-OH is 1. The number of carbonyl (C=O) groups is 1. The van der Waals surface area contributed by atoms with E-state index in [1.165, 1.54) is 0 Å². The molecule has 2 unspecified atom stereocenters. The fourth-order valence-electron chi connectivity index (χ4n) is 2.42. The lowest BCUT2D eigenvalue weighted by molar-refractivity contribution is 0.124. The maximum atomic E-state index is 11.9. The first kappa shape index (κ1) is 14.4. The number of hydrogen-bond acceptors (Lipinski definition) is 3. The molecule has 1 fully saturated rings. The van der Waals surface area contributed by atoms with E-state index < -0.39 is 6.10 Å². The fraction of sp³-hybridized carbons (Fsp3) is 0.467. The van der Waals surface area contributed by atoms with Crippen LogP contribution in [0.5, 0.6) is 0 Å². The number of nitrogens with zero attached hydrogens (tertiary/aromatic N) is 1. The molecule has 0 saturated heterocycles. The van der Waals surface area contributed by atoms with E-state index in [1.54, 1.807) is 24.3 Å². The van der Waals surface area contributed by atoms with Gasteiger partial charge in [0.1, 0.15) is 0 Å². The third-order valence-corrected chi connectivity index (χ3v) is 3.57. The average Bonchev–Trinajstić information content (AvgIpc) is 2.65. The van der Waals surface area contributed by atoms with Gasteiger partial charge < -0.3 is 15.7 Å². The maximum absolute atomic E-state index is 11.9. The summed E-state index contributed by atoms with van der Waals surface area (Å²) in [6, 6.07) is 8.18. The first-order valence-corrected chi connectivity index (χ1v) is 6.95. The normalized spacial score (nSPS) is 22.4. The van der Waals surface area contributed by atoms with Gasteiger partial charge in [-0.3, -0.25) is 0 Å². The van der Waals surface area contributed by atoms with Crippen LogP contribution in [0.4, 0.5) is 10.5 Å². The standard InChI is InChI=1S/C15H19N3O2/c16-10-11-6-8-12(9-7-11)17-15(20)18-13-4-2-1-3-5-14(13)19/h6-9,13-14,19H,1-5H2,(H2,17,18,20). The Bertz CT molecular complexity index is 493. The molecule has 5 heteroatoms. The van der Waals surface area contributed by atoms with Crippen LogP contribution in [0.1, 0.15) is 37.7 Å². The van der Waals surface area contributed by atoms with Crippen LogP contribution in [0.2, 0.25) is 0 Å². The molecule has 0 radical (unpaired) electrons. The van der Waals surface area contributed by atoms with Gasteiger partial charge in [-0.1, -0.05) is 19.3 Å². The largest absolute Gasteiger partial charge is 0.391 e. The van der Waals surface area contributed by atoms with Crippen LogP contribution >= 0.6 is 0 Å². The molecular formula is C15H19N3O2. The molecule has 0 spiro atoms. The van der Waals surface area contributed by atoms with Crippen LogP contribution in [0.25, 0.3) is 0 Å².